The molecule has 2 N–H and O–H groups in total. The Morgan fingerprint density at radius 3 is 2.55 bits per heavy atom. The van der Waals surface area contributed by atoms with Gasteiger partial charge < -0.3 is 4.90 Å². The van der Waals surface area contributed by atoms with Crippen molar-refractivity contribution in [1.29, 1.82) is 0 Å². The van der Waals surface area contributed by atoms with E-state index in [1.54, 1.807) is 11.9 Å². The van der Waals surface area contributed by atoms with E-state index in [0.29, 0.717) is 22.5 Å². The molecule has 0 aromatic heterocycles. The van der Waals surface area contributed by atoms with Crippen LogP contribution in [0.25, 0.3) is 0 Å². The number of hydrogen-bond donors (Lipinski definition) is 1. The van der Waals surface area contributed by atoms with Gasteiger partial charge in [0.2, 0.25) is 10.0 Å². The van der Waals surface area contributed by atoms with Crippen molar-refractivity contribution in [2.24, 2.45) is 11.1 Å². The summed E-state index contributed by atoms with van der Waals surface area (Å²) in [5.41, 5.74) is 0.294. The first-order chi connectivity index (χ1) is 9.16. The lowest BCUT2D eigenvalue weighted by Crippen LogP contribution is -2.31. The smallest absolute Gasteiger partial charge is 0.254 e. The maximum Gasteiger partial charge on any atom is 0.254 e. The molecule has 1 unspecified atom stereocenters. The molecule has 0 aliphatic heterocycles. The van der Waals surface area contributed by atoms with Crippen LogP contribution in [-0.4, -0.2) is 32.8 Å². The van der Waals surface area contributed by atoms with E-state index in [0.717, 1.165) is 6.42 Å². The van der Waals surface area contributed by atoms with Crippen molar-refractivity contribution >= 4 is 31.9 Å². The topological polar surface area (TPSA) is 80.5 Å². The molecule has 1 aromatic carbocycles. The Bertz CT molecular complexity index is 602. The summed E-state index contributed by atoms with van der Waals surface area (Å²) in [6.45, 7) is 4.72. The third-order valence-corrected chi connectivity index (χ3v) is 4.73. The van der Waals surface area contributed by atoms with E-state index in [-0.39, 0.29) is 10.8 Å². The van der Waals surface area contributed by atoms with Gasteiger partial charge in [0.15, 0.2) is 0 Å². The summed E-state index contributed by atoms with van der Waals surface area (Å²) in [5.74, 6) is 0.145. The Morgan fingerprint density at radius 2 is 2.05 bits per heavy atom. The maximum atomic E-state index is 12.4. The van der Waals surface area contributed by atoms with Crippen LogP contribution in [0.4, 0.5) is 0 Å². The monoisotopic (exact) mass is 362 g/mol. The number of benzene rings is 1. The molecule has 0 saturated carbocycles. The van der Waals surface area contributed by atoms with Gasteiger partial charge in [-0.2, -0.15) is 0 Å². The van der Waals surface area contributed by atoms with Gasteiger partial charge in [-0.15, -0.1) is 0 Å². The quantitative estimate of drug-likeness (QED) is 0.871. The first kappa shape index (κ1) is 17.1. The van der Waals surface area contributed by atoms with E-state index < -0.39 is 10.0 Å². The first-order valence-corrected chi connectivity index (χ1v) is 8.58. The van der Waals surface area contributed by atoms with Gasteiger partial charge in [-0.05, 0) is 40.0 Å². The number of primary sulfonamides is 1. The third-order valence-electron chi connectivity index (χ3n) is 3.13. The fourth-order valence-corrected chi connectivity index (χ4v) is 2.69. The number of hydrogen-bond acceptors (Lipinski definition) is 3. The van der Waals surface area contributed by atoms with E-state index in [4.69, 9.17) is 5.14 Å². The van der Waals surface area contributed by atoms with Crippen LogP contribution in [0, 0.1) is 5.92 Å². The summed E-state index contributed by atoms with van der Waals surface area (Å²) in [7, 11) is -2.12. The van der Waals surface area contributed by atoms with Gasteiger partial charge in [0, 0.05) is 18.1 Å². The molecule has 20 heavy (non-hydrogen) atoms. The Kier molecular flexibility index (Phi) is 5.73. The average Bonchev–Trinajstić information content (AvgIpc) is 2.36. The van der Waals surface area contributed by atoms with E-state index >= 15 is 0 Å². The molecule has 0 heterocycles. The maximum absolute atomic E-state index is 12.4. The van der Waals surface area contributed by atoms with Crippen molar-refractivity contribution in [3.05, 3.63) is 28.2 Å². The van der Waals surface area contributed by atoms with Crippen LogP contribution in [0.3, 0.4) is 0 Å². The highest BCUT2D eigenvalue weighted by molar-refractivity contribution is 9.10. The summed E-state index contributed by atoms with van der Waals surface area (Å²) < 4.78 is 23.2. The van der Waals surface area contributed by atoms with Gasteiger partial charge in [0.25, 0.3) is 5.91 Å². The van der Waals surface area contributed by atoms with Crippen molar-refractivity contribution in [2.45, 2.75) is 25.2 Å². The van der Waals surface area contributed by atoms with Crippen molar-refractivity contribution in [3.8, 4) is 0 Å². The van der Waals surface area contributed by atoms with Crippen LogP contribution in [0.1, 0.15) is 30.6 Å². The van der Waals surface area contributed by atoms with Crippen LogP contribution in [0.2, 0.25) is 0 Å². The number of halogens is 1. The number of carbonyl (C=O) groups excluding carboxylic acids is 1. The standard InChI is InChI=1S/C13H19BrN2O3S/c1-4-9(2)8-16(3)13(17)11-7-10(20(15,18)19)5-6-12(11)14/h5-7,9H,4,8H2,1-3H3,(H2,15,18,19). The zero-order valence-electron chi connectivity index (χ0n) is 11.8. The van der Waals surface area contributed by atoms with E-state index in [1.807, 2.05) is 0 Å². The van der Waals surface area contributed by atoms with E-state index in [2.05, 4.69) is 29.8 Å². The van der Waals surface area contributed by atoms with E-state index in [9.17, 15) is 13.2 Å². The molecular formula is C13H19BrN2O3S. The number of nitrogens with zero attached hydrogens (tertiary/aromatic N) is 1. The Morgan fingerprint density at radius 1 is 1.45 bits per heavy atom. The molecule has 7 heteroatoms. The van der Waals surface area contributed by atoms with Crippen LogP contribution >= 0.6 is 15.9 Å². The number of nitrogens with two attached hydrogens (primary N) is 1. The summed E-state index contributed by atoms with van der Waals surface area (Å²) in [4.78, 5) is 13.9. The lowest BCUT2D eigenvalue weighted by atomic mass is 10.1. The van der Waals surface area contributed by atoms with Crippen molar-refractivity contribution in [3.63, 3.8) is 0 Å². The van der Waals surface area contributed by atoms with Crippen LogP contribution < -0.4 is 5.14 Å². The molecule has 0 aliphatic carbocycles. The fourth-order valence-electron chi connectivity index (χ4n) is 1.73. The van der Waals surface area contributed by atoms with Gasteiger partial charge in [0.05, 0.1) is 10.5 Å². The Hall–Kier alpha value is -0.920. The second-order valence-electron chi connectivity index (χ2n) is 4.89. The molecule has 112 valence electrons. The van der Waals surface area contributed by atoms with Crippen LogP contribution in [-0.2, 0) is 10.0 Å². The van der Waals surface area contributed by atoms with Crippen LogP contribution in [0.5, 0.6) is 0 Å². The summed E-state index contributed by atoms with van der Waals surface area (Å²) in [6, 6.07) is 4.18. The molecule has 0 radical (unpaired) electrons. The summed E-state index contributed by atoms with van der Waals surface area (Å²) in [6.07, 6.45) is 0.968. The summed E-state index contributed by atoms with van der Waals surface area (Å²) in [5, 5.41) is 5.09. The van der Waals surface area contributed by atoms with Gasteiger partial charge in [-0.3, -0.25) is 4.79 Å². The highest BCUT2D eigenvalue weighted by Gasteiger charge is 2.19. The van der Waals surface area contributed by atoms with Gasteiger partial charge in [-0.1, -0.05) is 20.3 Å². The van der Waals surface area contributed by atoms with Gasteiger partial charge in [-0.25, -0.2) is 13.6 Å². The third kappa shape index (κ3) is 4.29. The number of sulfonamides is 1. The van der Waals surface area contributed by atoms with Gasteiger partial charge >= 0.3 is 0 Å². The normalized spacial score (nSPS) is 13.1. The predicted molar refractivity (Wildman–Crippen MR) is 81.9 cm³/mol. The highest BCUT2D eigenvalue weighted by atomic mass is 79.9. The van der Waals surface area contributed by atoms with Gasteiger partial charge in [0.1, 0.15) is 0 Å². The van der Waals surface area contributed by atoms with Crippen molar-refractivity contribution in [2.75, 3.05) is 13.6 Å². The molecule has 1 aromatic rings. The lowest BCUT2D eigenvalue weighted by Gasteiger charge is -2.21. The average molecular weight is 363 g/mol. The minimum absolute atomic E-state index is 0.0685. The largest absolute Gasteiger partial charge is 0.341 e. The first-order valence-electron chi connectivity index (χ1n) is 6.24. The Balaban J connectivity index is 3.09. The zero-order valence-corrected chi connectivity index (χ0v) is 14.2. The highest BCUT2D eigenvalue weighted by Crippen LogP contribution is 2.22. The molecule has 1 rings (SSSR count). The van der Waals surface area contributed by atoms with Crippen molar-refractivity contribution in [1.82, 2.24) is 4.90 Å². The molecule has 0 fully saturated rings. The summed E-state index contributed by atoms with van der Waals surface area (Å²) >= 11 is 3.27. The molecule has 5 nitrogen and oxygen atoms in total. The molecule has 0 spiro atoms. The molecular weight excluding hydrogens is 344 g/mol. The van der Waals surface area contributed by atoms with Crippen LogP contribution in [0.15, 0.2) is 27.6 Å². The predicted octanol–water partition coefficient (Wildman–Crippen LogP) is 2.21. The minimum atomic E-state index is -3.82. The fraction of sp³-hybridized carbons (Fsp3) is 0.462. The second-order valence-corrected chi connectivity index (χ2v) is 7.30. The second kappa shape index (κ2) is 6.69. The number of amides is 1. The molecule has 1 amide bonds. The lowest BCUT2D eigenvalue weighted by molar-refractivity contribution is 0.0774. The minimum Gasteiger partial charge on any atom is -0.341 e. The number of rotatable bonds is 5. The molecule has 1 atom stereocenters. The molecule has 0 bridgehead atoms. The van der Waals surface area contributed by atoms with E-state index in [1.165, 1.54) is 18.2 Å². The zero-order chi connectivity index (χ0) is 15.5. The molecule has 0 aliphatic rings. The molecule has 0 saturated heterocycles. The number of carbonyl (C=O) groups is 1. The SMILES string of the molecule is CCC(C)CN(C)C(=O)c1cc(S(N)(=O)=O)ccc1Br. The Labute approximate surface area is 128 Å². The van der Waals surface area contributed by atoms with Crippen molar-refractivity contribution < 1.29 is 13.2 Å².